The van der Waals surface area contributed by atoms with Gasteiger partial charge in [-0.15, -0.1) is 0 Å². The van der Waals surface area contributed by atoms with Crippen LogP contribution in [0.1, 0.15) is 13.3 Å². The minimum Gasteiger partial charge on any atom is -0.377 e. The molecule has 106 valence electrons. The zero-order chi connectivity index (χ0) is 13.9. The third-order valence-electron chi connectivity index (χ3n) is 3.25. The second-order valence-corrected chi connectivity index (χ2v) is 7.12. The average molecular weight is 278 g/mol. The lowest BCUT2D eigenvalue weighted by Crippen LogP contribution is -2.41. The molecule has 0 saturated carbocycles. The van der Waals surface area contributed by atoms with Crippen LogP contribution in [0.15, 0.2) is 0 Å². The predicted octanol–water partition coefficient (Wildman–Crippen LogP) is -0.239. The molecule has 0 bridgehead atoms. The third kappa shape index (κ3) is 3.93. The molecular formula is C11H22N2O4S. The molecule has 0 aliphatic carbocycles. The Balaban J connectivity index is 2.60. The van der Waals surface area contributed by atoms with Crippen molar-refractivity contribution in [2.24, 2.45) is 5.92 Å². The van der Waals surface area contributed by atoms with Gasteiger partial charge >= 0.3 is 0 Å². The molecule has 1 aliphatic rings. The van der Waals surface area contributed by atoms with E-state index >= 15 is 0 Å². The molecule has 7 heteroatoms. The Morgan fingerprint density at radius 3 is 2.39 bits per heavy atom. The number of carbonyl (C=O) groups is 1. The number of amides is 1. The molecule has 0 N–H and O–H groups in total. The van der Waals surface area contributed by atoms with Crippen molar-refractivity contribution >= 4 is 15.9 Å². The fraction of sp³-hybridized carbons (Fsp3) is 0.909. The summed E-state index contributed by atoms with van der Waals surface area (Å²) in [6.07, 6.45) is 0.632. The minimum absolute atomic E-state index is 0.0502. The van der Waals surface area contributed by atoms with Gasteiger partial charge in [-0.1, -0.05) is 6.92 Å². The Hall–Kier alpha value is -0.660. The summed E-state index contributed by atoms with van der Waals surface area (Å²) in [6.45, 7) is 2.47. The maximum Gasteiger partial charge on any atom is 0.237 e. The molecule has 1 heterocycles. The molecule has 1 rings (SSSR count). The lowest BCUT2D eigenvalue weighted by molar-refractivity contribution is -0.128. The number of likely N-dealkylation sites (N-methyl/N-ethyl adjacent to an activating group) is 2. The fourth-order valence-corrected chi connectivity index (χ4v) is 3.13. The zero-order valence-corrected chi connectivity index (χ0v) is 12.2. The highest BCUT2D eigenvalue weighted by atomic mass is 32.2. The van der Waals surface area contributed by atoms with Crippen LogP contribution in [0.2, 0.25) is 0 Å². The van der Waals surface area contributed by atoms with Crippen molar-refractivity contribution < 1.29 is 17.9 Å². The quantitative estimate of drug-likeness (QED) is 0.696. The first-order valence-electron chi connectivity index (χ1n) is 6.00. The van der Waals surface area contributed by atoms with Gasteiger partial charge in [0.15, 0.2) is 0 Å². The molecule has 0 aromatic heterocycles. The van der Waals surface area contributed by atoms with Crippen molar-refractivity contribution in [3.05, 3.63) is 0 Å². The van der Waals surface area contributed by atoms with E-state index < -0.39 is 10.0 Å². The number of sulfonamides is 1. The van der Waals surface area contributed by atoms with Crippen LogP contribution in [0.25, 0.3) is 0 Å². The summed E-state index contributed by atoms with van der Waals surface area (Å²) in [5, 5.41) is 0. The zero-order valence-electron chi connectivity index (χ0n) is 11.4. The Morgan fingerprint density at radius 1 is 1.33 bits per heavy atom. The average Bonchev–Trinajstić information content (AvgIpc) is 2.63. The van der Waals surface area contributed by atoms with E-state index in [0.717, 1.165) is 10.7 Å². The van der Waals surface area contributed by atoms with Gasteiger partial charge in [-0.05, 0) is 12.3 Å². The van der Waals surface area contributed by atoms with Crippen molar-refractivity contribution in [3.8, 4) is 0 Å². The van der Waals surface area contributed by atoms with Crippen molar-refractivity contribution in [3.63, 3.8) is 0 Å². The summed E-state index contributed by atoms with van der Waals surface area (Å²) in [5.74, 6) is -0.0371. The summed E-state index contributed by atoms with van der Waals surface area (Å²) in [7, 11) is 1.19. The summed E-state index contributed by atoms with van der Waals surface area (Å²) in [4.78, 5) is 12.9. The summed E-state index contributed by atoms with van der Waals surface area (Å²) in [6, 6.07) is 0. The second-order valence-electron chi connectivity index (χ2n) is 5.00. The van der Waals surface area contributed by atoms with Crippen LogP contribution in [0.3, 0.4) is 0 Å². The van der Waals surface area contributed by atoms with Gasteiger partial charge in [0, 0.05) is 27.7 Å². The van der Waals surface area contributed by atoms with E-state index in [-0.39, 0.29) is 30.2 Å². The molecule has 0 aromatic rings. The number of hydrogen-bond acceptors (Lipinski definition) is 4. The number of rotatable bonds is 5. The van der Waals surface area contributed by atoms with Gasteiger partial charge in [-0.25, -0.2) is 8.42 Å². The van der Waals surface area contributed by atoms with Crippen LogP contribution < -0.4 is 0 Å². The third-order valence-corrected chi connectivity index (χ3v) is 5.07. The standard InChI is InChI=1S/C11H22N2O4S/c1-9-5-6-17-10(9)8-18(15,16)13(4)7-11(14)12(2)3/h9-10H,5-8H2,1-4H3/t9-,10-/m1/s1. The summed E-state index contributed by atoms with van der Waals surface area (Å²) < 4.78 is 30.6. The highest BCUT2D eigenvalue weighted by molar-refractivity contribution is 7.89. The molecule has 1 amide bonds. The number of carbonyl (C=O) groups excluding carboxylic acids is 1. The Bertz CT molecular complexity index is 394. The van der Waals surface area contributed by atoms with Crippen LogP contribution in [0.4, 0.5) is 0 Å². The van der Waals surface area contributed by atoms with Crippen molar-refractivity contribution in [2.75, 3.05) is 40.0 Å². The topological polar surface area (TPSA) is 66.9 Å². The van der Waals surface area contributed by atoms with Crippen molar-refractivity contribution in [1.82, 2.24) is 9.21 Å². The SMILES string of the molecule is C[C@@H]1CCO[C@@H]1CS(=O)(=O)N(C)CC(=O)N(C)C. The molecule has 0 radical (unpaired) electrons. The van der Waals surface area contributed by atoms with Gasteiger partial charge in [0.05, 0.1) is 18.4 Å². The molecule has 6 nitrogen and oxygen atoms in total. The lowest BCUT2D eigenvalue weighted by atomic mass is 10.1. The largest absolute Gasteiger partial charge is 0.377 e. The smallest absolute Gasteiger partial charge is 0.237 e. The molecule has 0 aromatic carbocycles. The van der Waals surface area contributed by atoms with E-state index in [0.29, 0.717) is 6.61 Å². The molecule has 1 saturated heterocycles. The van der Waals surface area contributed by atoms with Crippen molar-refractivity contribution in [1.29, 1.82) is 0 Å². The van der Waals surface area contributed by atoms with Gasteiger partial charge in [-0.3, -0.25) is 4.79 Å². The Labute approximate surface area is 109 Å². The molecule has 1 fully saturated rings. The predicted molar refractivity (Wildman–Crippen MR) is 68.6 cm³/mol. The number of hydrogen-bond donors (Lipinski definition) is 0. The molecular weight excluding hydrogens is 256 g/mol. The van der Waals surface area contributed by atoms with E-state index in [1.54, 1.807) is 14.1 Å². The number of nitrogens with zero attached hydrogens (tertiary/aromatic N) is 2. The Kier molecular flexibility index (Phi) is 5.12. The molecule has 0 unspecified atom stereocenters. The van der Waals surface area contributed by atoms with Gasteiger partial charge < -0.3 is 9.64 Å². The van der Waals surface area contributed by atoms with E-state index in [1.165, 1.54) is 11.9 Å². The lowest BCUT2D eigenvalue weighted by Gasteiger charge is -2.22. The van der Waals surface area contributed by atoms with E-state index in [2.05, 4.69) is 0 Å². The fourth-order valence-electron chi connectivity index (χ4n) is 1.73. The second kappa shape index (κ2) is 5.99. The molecule has 1 aliphatic heterocycles. The van der Waals surface area contributed by atoms with Gasteiger partial charge in [-0.2, -0.15) is 4.31 Å². The van der Waals surface area contributed by atoms with E-state index in [9.17, 15) is 13.2 Å². The summed E-state index contributed by atoms with van der Waals surface area (Å²) in [5.41, 5.74) is 0. The highest BCUT2D eigenvalue weighted by Gasteiger charge is 2.32. The van der Waals surface area contributed by atoms with Gasteiger partial charge in [0.1, 0.15) is 0 Å². The van der Waals surface area contributed by atoms with Crippen LogP contribution in [0, 0.1) is 5.92 Å². The number of ether oxygens (including phenoxy) is 1. The summed E-state index contributed by atoms with van der Waals surface area (Å²) >= 11 is 0. The van der Waals surface area contributed by atoms with Crippen LogP contribution >= 0.6 is 0 Å². The first kappa shape index (κ1) is 15.4. The highest BCUT2D eigenvalue weighted by Crippen LogP contribution is 2.22. The van der Waals surface area contributed by atoms with Gasteiger partial charge in [0.25, 0.3) is 0 Å². The van der Waals surface area contributed by atoms with Crippen LogP contribution in [-0.2, 0) is 19.6 Å². The van der Waals surface area contributed by atoms with E-state index in [1.807, 2.05) is 6.92 Å². The van der Waals surface area contributed by atoms with Crippen LogP contribution in [-0.4, -0.2) is 69.7 Å². The van der Waals surface area contributed by atoms with Crippen molar-refractivity contribution in [2.45, 2.75) is 19.4 Å². The minimum atomic E-state index is -3.44. The molecule has 18 heavy (non-hydrogen) atoms. The maximum atomic E-state index is 12.1. The Morgan fingerprint density at radius 2 is 1.94 bits per heavy atom. The monoisotopic (exact) mass is 278 g/mol. The normalized spacial score (nSPS) is 24.5. The van der Waals surface area contributed by atoms with Gasteiger partial charge in [0.2, 0.25) is 15.9 Å². The van der Waals surface area contributed by atoms with E-state index in [4.69, 9.17) is 4.74 Å². The maximum absolute atomic E-state index is 12.1. The first-order chi connectivity index (χ1) is 8.24. The molecule has 2 atom stereocenters. The van der Waals surface area contributed by atoms with Crippen LogP contribution in [0.5, 0.6) is 0 Å². The molecule has 0 spiro atoms. The first-order valence-corrected chi connectivity index (χ1v) is 7.60.